The Labute approximate surface area is 204 Å². The van der Waals surface area contributed by atoms with Crippen LogP contribution in [0.25, 0.3) is 16.9 Å². The fourth-order valence-electron chi connectivity index (χ4n) is 5.11. The SMILES string of the molecule is COc1ncc(-n2nc(-c3cnn(CC4CCN(C(C)C(C)O)C4)c3)c3c2CCOCC3)cc1F. The van der Waals surface area contributed by atoms with Crippen molar-refractivity contribution in [1.82, 2.24) is 29.4 Å². The summed E-state index contributed by atoms with van der Waals surface area (Å²) >= 11 is 0. The van der Waals surface area contributed by atoms with Gasteiger partial charge in [-0.25, -0.2) is 14.1 Å². The maximum atomic E-state index is 14.4. The predicted molar refractivity (Wildman–Crippen MR) is 128 cm³/mol. The molecule has 2 aliphatic rings. The second-order valence-electron chi connectivity index (χ2n) is 9.56. The molecule has 5 rings (SSSR count). The Bertz CT molecular complexity index is 1180. The number of aliphatic hydroxyl groups excluding tert-OH is 1. The predicted octanol–water partition coefficient (Wildman–Crippen LogP) is 2.48. The van der Waals surface area contributed by atoms with E-state index in [0.29, 0.717) is 31.2 Å². The minimum Gasteiger partial charge on any atom is -0.479 e. The summed E-state index contributed by atoms with van der Waals surface area (Å²) in [7, 11) is 1.40. The second kappa shape index (κ2) is 10.0. The summed E-state index contributed by atoms with van der Waals surface area (Å²) in [5.41, 5.74) is 4.46. The molecule has 0 aliphatic carbocycles. The van der Waals surface area contributed by atoms with E-state index < -0.39 is 5.82 Å². The summed E-state index contributed by atoms with van der Waals surface area (Å²) < 4.78 is 28.9. The maximum Gasteiger partial charge on any atom is 0.250 e. The fraction of sp³-hybridized carbons (Fsp3) is 0.560. The number of aliphatic hydroxyl groups is 1. The van der Waals surface area contributed by atoms with E-state index in [1.807, 2.05) is 24.0 Å². The lowest BCUT2D eigenvalue weighted by molar-refractivity contribution is 0.0828. The lowest BCUT2D eigenvalue weighted by Crippen LogP contribution is -2.38. The number of halogens is 1. The Morgan fingerprint density at radius 3 is 2.86 bits per heavy atom. The van der Waals surface area contributed by atoms with E-state index in [4.69, 9.17) is 14.6 Å². The third kappa shape index (κ3) is 4.82. The number of fused-ring (bicyclic) bond motifs is 1. The van der Waals surface area contributed by atoms with Gasteiger partial charge in [0.05, 0.1) is 55.9 Å². The van der Waals surface area contributed by atoms with Crippen LogP contribution >= 0.6 is 0 Å². The van der Waals surface area contributed by atoms with Crippen molar-refractivity contribution < 1.29 is 19.0 Å². The minimum atomic E-state index is -0.524. The molecule has 2 aliphatic heterocycles. The monoisotopic (exact) mass is 484 g/mol. The normalized spacial score (nSPS) is 20.4. The summed E-state index contributed by atoms with van der Waals surface area (Å²) in [5, 5.41) is 19.4. The van der Waals surface area contributed by atoms with Crippen LogP contribution in [0.2, 0.25) is 0 Å². The van der Waals surface area contributed by atoms with Gasteiger partial charge in [0, 0.05) is 48.9 Å². The zero-order chi connectivity index (χ0) is 24.5. The van der Waals surface area contributed by atoms with E-state index in [9.17, 15) is 9.50 Å². The number of aromatic nitrogens is 5. The first-order valence-corrected chi connectivity index (χ1v) is 12.3. The summed E-state index contributed by atoms with van der Waals surface area (Å²) in [6.45, 7) is 7.91. The molecule has 0 bridgehead atoms. The molecule has 1 N–H and O–H groups in total. The number of ether oxygens (including phenoxy) is 2. The Balaban J connectivity index is 1.40. The van der Waals surface area contributed by atoms with Gasteiger partial charge in [0.15, 0.2) is 5.82 Å². The van der Waals surface area contributed by atoms with Gasteiger partial charge < -0.3 is 14.6 Å². The number of methoxy groups -OCH3 is 1. The Hall–Kier alpha value is -2.82. The van der Waals surface area contributed by atoms with Gasteiger partial charge in [-0.15, -0.1) is 0 Å². The molecule has 35 heavy (non-hydrogen) atoms. The fourth-order valence-corrected chi connectivity index (χ4v) is 5.11. The largest absolute Gasteiger partial charge is 0.479 e. The van der Waals surface area contributed by atoms with Crippen molar-refractivity contribution in [3.05, 3.63) is 41.7 Å². The van der Waals surface area contributed by atoms with Crippen molar-refractivity contribution in [1.29, 1.82) is 0 Å². The molecule has 3 aromatic rings. The molecule has 3 atom stereocenters. The maximum absolute atomic E-state index is 14.4. The summed E-state index contributed by atoms with van der Waals surface area (Å²) in [5.74, 6) is -0.0745. The Morgan fingerprint density at radius 2 is 2.09 bits per heavy atom. The summed E-state index contributed by atoms with van der Waals surface area (Å²) in [6, 6.07) is 1.56. The lowest BCUT2D eigenvalue weighted by Gasteiger charge is -2.26. The summed E-state index contributed by atoms with van der Waals surface area (Å²) in [6.07, 6.45) is 7.65. The first-order valence-electron chi connectivity index (χ1n) is 12.3. The Morgan fingerprint density at radius 1 is 1.26 bits per heavy atom. The van der Waals surface area contributed by atoms with Crippen LogP contribution in [0, 0.1) is 11.7 Å². The quantitative estimate of drug-likeness (QED) is 0.551. The highest BCUT2D eigenvalue weighted by Gasteiger charge is 2.29. The molecule has 10 heteroatoms. The molecule has 1 fully saturated rings. The molecule has 3 unspecified atom stereocenters. The molecule has 0 amide bonds. The van der Waals surface area contributed by atoms with Crippen LogP contribution in [-0.4, -0.2) is 80.1 Å². The van der Waals surface area contributed by atoms with Crippen molar-refractivity contribution >= 4 is 0 Å². The second-order valence-corrected chi connectivity index (χ2v) is 9.56. The van der Waals surface area contributed by atoms with Gasteiger partial charge in [0.2, 0.25) is 5.88 Å². The highest BCUT2D eigenvalue weighted by atomic mass is 19.1. The van der Waals surface area contributed by atoms with Gasteiger partial charge in [-0.2, -0.15) is 10.2 Å². The molecule has 0 aromatic carbocycles. The molecule has 0 radical (unpaired) electrons. The van der Waals surface area contributed by atoms with Crippen LogP contribution < -0.4 is 4.74 Å². The standard InChI is InChI=1S/C25H33FN6O3/c1-16(17(2)33)30-7-4-18(13-30)14-31-15-19(11-28-31)24-21-5-8-35-9-6-23(21)32(29-24)20-10-22(26)25(34-3)27-12-20/h10-12,15-18,33H,4-9,13-14H2,1-3H3. The van der Waals surface area contributed by atoms with Gasteiger partial charge >= 0.3 is 0 Å². The first kappa shape index (κ1) is 23.9. The lowest BCUT2D eigenvalue weighted by atomic mass is 10.0. The third-order valence-corrected chi connectivity index (χ3v) is 7.24. The zero-order valence-corrected chi connectivity index (χ0v) is 20.5. The van der Waals surface area contributed by atoms with Crippen LogP contribution in [0.15, 0.2) is 24.7 Å². The minimum absolute atomic E-state index is 0.0369. The van der Waals surface area contributed by atoms with Gasteiger partial charge in [0.25, 0.3) is 0 Å². The smallest absolute Gasteiger partial charge is 0.250 e. The average molecular weight is 485 g/mol. The molecule has 0 spiro atoms. The number of likely N-dealkylation sites (tertiary alicyclic amines) is 1. The summed E-state index contributed by atoms with van der Waals surface area (Å²) in [4.78, 5) is 6.44. The number of hydrogen-bond donors (Lipinski definition) is 1. The van der Waals surface area contributed by atoms with Crippen molar-refractivity contribution in [2.24, 2.45) is 5.92 Å². The van der Waals surface area contributed by atoms with Crippen LogP contribution in [0.4, 0.5) is 4.39 Å². The van der Waals surface area contributed by atoms with Crippen LogP contribution in [0.3, 0.4) is 0 Å². The average Bonchev–Trinajstić information content (AvgIpc) is 3.54. The van der Waals surface area contributed by atoms with Crippen LogP contribution in [-0.2, 0) is 24.1 Å². The van der Waals surface area contributed by atoms with Gasteiger partial charge in [-0.05, 0) is 39.2 Å². The van der Waals surface area contributed by atoms with Gasteiger partial charge in [0.1, 0.15) is 0 Å². The number of rotatable bonds is 7. The highest BCUT2D eigenvalue weighted by molar-refractivity contribution is 5.64. The topological polar surface area (TPSA) is 90.5 Å². The van der Waals surface area contributed by atoms with Crippen molar-refractivity contribution in [3.8, 4) is 22.8 Å². The van der Waals surface area contributed by atoms with E-state index in [1.54, 1.807) is 10.9 Å². The first-order chi connectivity index (χ1) is 16.9. The molecular formula is C25H33FN6O3. The van der Waals surface area contributed by atoms with Crippen molar-refractivity contribution in [2.45, 2.75) is 51.8 Å². The van der Waals surface area contributed by atoms with E-state index in [0.717, 1.165) is 55.0 Å². The molecule has 3 aromatic heterocycles. The number of hydrogen-bond acceptors (Lipinski definition) is 7. The molecular weight excluding hydrogens is 451 g/mol. The van der Waals surface area contributed by atoms with E-state index in [1.165, 1.54) is 13.2 Å². The van der Waals surface area contributed by atoms with Crippen molar-refractivity contribution in [3.63, 3.8) is 0 Å². The van der Waals surface area contributed by atoms with Crippen molar-refractivity contribution in [2.75, 3.05) is 33.4 Å². The van der Waals surface area contributed by atoms with E-state index in [2.05, 4.69) is 21.9 Å². The molecule has 9 nitrogen and oxygen atoms in total. The number of pyridine rings is 1. The van der Waals surface area contributed by atoms with E-state index >= 15 is 0 Å². The Kier molecular flexibility index (Phi) is 6.86. The molecule has 1 saturated heterocycles. The van der Waals surface area contributed by atoms with Gasteiger partial charge in [-0.1, -0.05) is 0 Å². The molecule has 188 valence electrons. The molecule has 5 heterocycles. The molecule has 0 saturated carbocycles. The van der Waals surface area contributed by atoms with Gasteiger partial charge in [-0.3, -0.25) is 9.58 Å². The highest BCUT2D eigenvalue weighted by Crippen LogP contribution is 2.31. The number of nitrogens with zero attached hydrogens (tertiary/aromatic N) is 6. The van der Waals surface area contributed by atoms with E-state index in [-0.39, 0.29) is 18.0 Å². The zero-order valence-electron chi connectivity index (χ0n) is 20.5. The van der Waals surface area contributed by atoms with Crippen LogP contribution in [0.1, 0.15) is 31.5 Å². The van der Waals surface area contributed by atoms with Crippen LogP contribution in [0.5, 0.6) is 5.88 Å². The third-order valence-electron chi connectivity index (χ3n) is 7.24.